The van der Waals surface area contributed by atoms with Crippen LogP contribution < -0.4 is 0 Å². The average molecular weight is 428 g/mol. The zero-order valence-electron chi connectivity index (χ0n) is 14.3. The van der Waals surface area contributed by atoms with E-state index in [0.29, 0.717) is 12.1 Å². The van der Waals surface area contributed by atoms with Crippen LogP contribution in [-0.2, 0) is 25.3 Å². The molecule has 148 valence electrons. The maximum atomic E-state index is 12.8. The van der Waals surface area contributed by atoms with Crippen molar-refractivity contribution in [3.8, 4) is 0 Å². The molecule has 0 fully saturated rings. The molecule has 1 aromatic carbocycles. The Labute approximate surface area is 162 Å². The van der Waals surface area contributed by atoms with Gasteiger partial charge in [0.15, 0.2) is 0 Å². The maximum absolute atomic E-state index is 12.8. The highest BCUT2D eigenvalue weighted by molar-refractivity contribution is 6.38. The summed E-state index contributed by atoms with van der Waals surface area (Å²) in [6.07, 6.45) is -4.65. The lowest BCUT2D eigenvalue weighted by molar-refractivity contribution is -0.144. The maximum Gasteiger partial charge on any atom is 0.416 e. The largest absolute Gasteiger partial charge is 0.464 e. The zero-order chi connectivity index (χ0) is 20.8. The fourth-order valence-corrected chi connectivity index (χ4v) is 2.21. The quantitative estimate of drug-likeness (QED) is 0.211. The van der Waals surface area contributed by atoms with Gasteiger partial charge in [0, 0.05) is 6.92 Å². The molecule has 7 nitrogen and oxygen atoms in total. The van der Waals surface area contributed by atoms with Crippen LogP contribution in [0.4, 0.5) is 18.9 Å². The van der Waals surface area contributed by atoms with E-state index in [4.69, 9.17) is 27.9 Å². The summed E-state index contributed by atoms with van der Waals surface area (Å²) in [5.41, 5.74) is -1.42. The highest BCUT2D eigenvalue weighted by Crippen LogP contribution is 2.40. The summed E-state index contributed by atoms with van der Waals surface area (Å²) in [5, 5.41) is 9.92. The molecule has 0 amide bonds. The summed E-state index contributed by atoms with van der Waals surface area (Å²) in [4.78, 5) is 27.2. The van der Waals surface area contributed by atoms with Crippen molar-refractivity contribution in [3.63, 3.8) is 0 Å². The van der Waals surface area contributed by atoms with Gasteiger partial charge in [-0.1, -0.05) is 28.4 Å². The lowest BCUT2D eigenvalue weighted by atomic mass is 10.2. The van der Waals surface area contributed by atoms with Crippen LogP contribution in [0, 0.1) is 0 Å². The van der Waals surface area contributed by atoms with Gasteiger partial charge in [-0.25, -0.2) is 9.59 Å². The third-order valence-electron chi connectivity index (χ3n) is 2.84. The van der Waals surface area contributed by atoms with Crippen molar-refractivity contribution in [2.75, 3.05) is 6.61 Å². The fourth-order valence-electron chi connectivity index (χ4n) is 1.65. The van der Waals surface area contributed by atoms with Crippen LogP contribution in [0.2, 0.25) is 10.0 Å². The number of carbonyl (C=O) groups is 2. The molecule has 0 bridgehead atoms. The van der Waals surface area contributed by atoms with Crippen LogP contribution in [0.5, 0.6) is 0 Å². The number of ether oxygens (including phenoxy) is 1. The molecule has 1 atom stereocenters. The smallest absolute Gasteiger partial charge is 0.416 e. The second-order valence-electron chi connectivity index (χ2n) is 4.97. The predicted molar refractivity (Wildman–Crippen MR) is 91.3 cm³/mol. The number of azo groups is 1. The zero-order valence-corrected chi connectivity index (χ0v) is 15.8. The van der Waals surface area contributed by atoms with Crippen LogP contribution in [-0.4, -0.2) is 30.3 Å². The van der Waals surface area contributed by atoms with Crippen molar-refractivity contribution in [1.82, 2.24) is 0 Å². The number of esters is 1. The number of oxime groups is 1. The van der Waals surface area contributed by atoms with Gasteiger partial charge in [-0.15, -0.1) is 0 Å². The Bertz CT molecular complexity index is 759. The fraction of sp³-hybridized carbons (Fsp3) is 0.400. The normalized spacial score (nSPS) is 13.6. The van der Waals surface area contributed by atoms with Crippen LogP contribution in [0.1, 0.15) is 26.3 Å². The molecule has 0 saturated carbocycles. The van der Waals surface area contributed by atoms with E-state index in [1.807, 2.05) is 0 Å². The summed E-state index contributed by atoms with van der Waals surface area (Å²) >= 11 is 11.6. The van der Waals surface area contributed by atoms with Gasteiger partial charge < -0.3 is 9.57 Å². The second kappa shape index (κ2) is 9.65. The Hall–Kier alpha value is -2.20. The highest BCUT2D eigenvalue weighted by Gasteiger charge is 2.32. The van der Waals surface area contributed by atoms with Crippen LogP contribution in [0.25, 0.3) is 0 Å². The highest BCUT2D eigenvalue weighted by atomic mass is 35.5. The van der Waals surface area contributed by atoms with Crippen molar-refractivity contribution in [1.29, 1.82) is 0 Å². The summed E-state index contributed by atoms with van der Waals surface area (Å²) < 4.78 is 43.1. The van der Waals surface area contributed by atoms with Crippen LogP contribution in [0.3, 0.4) is 0 Å². The van der Waals surface area contributed by atoms with E-state index >= 15 is 0 Å². The molecular formula is C15H14Cl2F3N3O4. The topological polar surface area (TPSA) is 89.7 Å². The molecular weight excluding hydrogens is 414 g/mol. The third-order valence-corrected chi connectivity index (χ3v) is 3.42. The Morgan fingerprint density at radius 2 is 1.74 bits per heavy atom. The molecule has 0 N–H and O–H groups in total. The van der Waals surface area contributed by atoms with E-state index in [2.05, 4.69) is 20.2 Å². The third kappa shape index (κ3) is 6.79. The number of alkyl halides is 3. The van der Waals surface area contributed by atoms with Gasteiger partial charge in [-0.3, -0.25) is 0 Å². The predicted octanol–water partition coefficient (Wildman–Crippen LogP) is 4.97. The Balaban J connectivity index is 3.25. The number of rotatable bonds is 6. The molecule has 0 aliphatic rings. The summed E-state index contributed by atoms with van der Waals surface area (Å²) in [7, 11) is 0. The molecule has 0 heterocycles. The monoisotopic (exact) mass is 427 g/mol. The minimum absolute atomic E-state index is 0.0213. The first kappa shape index (κ1) is 22.8. The lowest BCUT2D eigenvalue weighted by Crippen LogP contribution is -2.28. The van der Waals surface area contributed by atoms with Gasteiger partial charge in [0.25, 0.3) is 0 Å². The van der Waals surface area contributed by atoms with Gasteiger partial charge in [0.2, 0.25) is 6.04 Å². The van der Waals surface area contributed by atoms with Gasteiger partial charge in [0.1, 0.15) is 5.69 Å². The van der Waals surface area contributed by atoms with Gasteiger partial charge in [0.05, 0.1) is 27.9 Å². The van der Waals surface area contributed by atoms with Crippen molar-refractivity contribution in [2.24, 2.45) is 15.4 Å². The molecule has 1 rings (SSSR count). The second-order valence-corrected chi connectivity index (χ2v) is 5.79. The number of hydrogen-bond acceptors (Lipinski definition) is 7. The first-order valence-corrected chi connectivity index (χ1v) is 8.08. The molecule has 12 heteroatoms. The van der Waals surface area contributed by atoms with Gasteiger partial charge >= 0.3 is 18.1 Å². The van der Waals surface area contributed by atoms with Gasteiger partial charge in [-0.05, 0) is 26.0 Å². The van der Waals surface area contributed by atoms with Crippen LogP contribution >= 0.6 is 23.2 Å². The summed E-state index contributed by atoms with van der Waals surface area (Å²) in [5.74, 6) is -1.60. The Kier molecular flexibility index (Phi) is 8.17. The first-order chi connectivity index (χ1) is 12.5. The first-order valence-electron chi connectivity index (χ1n) is 7.33. The number of benzene rings is 1. The molecule has 1 unspecified atom stereocenters. The standard InChI is InChI=1S/C15H14Cl2F3N3O4/c1-4-26-14(25)12(7(2)23-27-8(3)24)21-22-13-10(16)5-9(6-11(13)17)15(18,19)20/h5-6,12H,4H2,1-3H3. The molecule has 0 radical (unpaired) electrons. The van der Waals surface area contributed by atoms with Crippen molar-refractivity contribution in [2.45, 2.75) is 33.0 Å². The molecule has 0 aromatic heterocycles. The van der Waals surface area contributed by atoms with E-state index in [9.17, 15) is 22.8 Å². The van der Waals surface area contributed by atoms with E-state index < -0.39 is 39.8 Å². The van der Waals surface area contributed by atoms with Crippen molar-refractivity contribution >= 4 is 46.5 Å². The number of carbonyl (C=O) groups excluding carboxylic acids is 2. The van der Waals surface area contributed by atoms with Gasteiger partial charge in [-0.2, -0.15) is 23.4 Å². The van der Waals surface area contributed by atoms with Crippen molar-refractivity contribution < 1.29 is 32.3 Å². The molecule has 0 spiro atoms. The minimum Gasteiger partial charge on any atom is -0.464 e. The minimum atomic E-state index is -4.65. The van der Waals surface area contributed by atoms with Crippen molar-refractivity contribution in [3.05, 3.63) is 27.7 Å². The summed E-state index contributed by atoms with van der Waals surface area (Å²) in [6.45, 7) is 3.99. The molecule has 27 heavy (non-hydrogen) atoms. The molecule has 0 aliphatic heterocycles. The molecule has 0 saturated heterocycles. The number of nitrogens with zero attached hydrogens (tertiary/aromatic N) is 3. The van der Waals surface area contributed by atoms with Crippen LogP contribution in [0.15, 0.2) is 27.5 Å². The number of halogens is 5. The number of hydrogen-bond donors (Lipinski definition) is 0. The Morgan fingerprint density at radius 3 is 2.19 bits per heavy atom. The Morgan fingerprint density at radius 1 is 1.19 bits per heavy atom. The summed E-state index contributed by atoms with van der Waals surface area (Å²) in [6, 6.07) is -0.166. The van der Waals surface area contributed by atoms with E-state index in [1.165, 1.54) is 6.92 Å². The van der Waals surface area contributed by atoms with E-state index in [0.717, 1.165) is 6.92 Å². The lowest BCUT2D eigenvalue weighted by Gasteiger charge is -2.11. The molecule has 1 aromatic rings. The van der Waals surface area contributed by atoms with E-state index in [-0.39, 0.29) is 18.0 Å². The SMILES string of the molecule is CCOC(=O)C(N=Nc1c(Cl)cc(C(F)(F)F)cc1Cl)C(C)=NOC(C)=O. The average Bonchev–Trinajstić information content (AvgIpc) is 2.54. The van der Waals surface area contributed by atoms with E-state index in [1.54, 1.807) is 6.92 Å². The molecule has 0 aliphatic carbocycles.